The molecule has 136 valence electrons. The fraction of sp³-hybridized carbons (Fsp3) is 0.294. The number of carbonyl (C=O) groups is 1. The number of aliphatic carboxylic acids is 1. The number of carboxylic acids is 1. The van der Waals surface area contributed by atoms with Crippen LogP contribution in [0.1, 0.15) is 11.1 Å². The van der Waals surface area contributed by atoms with Crippen LogP contribution in [0.25, 0.3) is 11.2 Å². The van der Waals surface area contributed by atoms with Gasteiger partial charge in [-0.25, -0.2) is 9.78 Å². The van der Waals surface area contributed by atoms with Gasteiger partial charge in [-0.1, -0.05) is 36.0 Å². The minimum atomic E-state index is -0.980. The summed E-state index contributed by atoms with van der Waals surface area (Å²) in [6.07, 6.45) is 0. The number of fused-ring (bicyclic) bond motifs is 1. The summed E-state index contributed by atoms with van der Waals surface area (Å²) in [4.78, 5) is 40.2. The second kappa shape index (κ2) is 6.83. The number of carboxylic acid groups (broad SMARTS) is 1. The Labute approximate surface area is 152 Å². The molecule has 0 unspecified atom stereocenters. The van der Waals surface area contributed by atoms with Gasteiger partial charge in [-0.3, -0.25) is 18.7 Å². The molecule has 0 radical (unpaired) electrons. The van der Waals surface area contributed by atoms with Crippen LogP contribution in [0.15, 0.2) is 39.0 Å². The van der Waals surface area contributed by atoms with Gasteiger partial charge < -0.3 is 9.67 Å². The molecule has 0 aliphatic rings. The molecule has 0 aliphatic heterocycles. The number of thioether (sulfide) groups is 1. The number of hydrogen-bond donors (Lipinski definition) is 1. The van der Waals surface area contributed by atoms with Crippen LogP contribution in [-0.2, 0) is 25.4 Å². The van der Waals surface area contributed by atoms with Crippen LogP contribution in [0.4, 0.5) is 0 Å². The molecule has 3 aromatic rings. The van der Waals surface area contributed by atoms with Gasteiger partial charge in [0.25, 0.3) is 5.56 Å². The Bertz CT molecular complexity index is 1130. The van der Waals surface area contributed by atoms with Crippen molar-refractivity contribution in [2.45, 2.75) is 18.6 Å². The molecule has 0 bridgehead atoms. The van der Waals surface area contributed by atoms with Gasteiger partial charge in [0.1, 0.15) is 0 Å². The zero-order chi connectivity index (χ0) is 19.0. The largest absolute Gasteiger partial charge is 0.481 e. The predicted molar refractivity (Wildman–Crippen MR) is 98.9 cm³/mol. The number of nitrogens with zero attached hydrogens (tertiary/aromatic N) is 4. The molecule has 0 atom stereocenters. The minimum Gasteiger partial charge on any atom is -0.481 e. The van der Waals surface area contributed by atoms with E-state index in [-0.39, 0.29) is 16.9 Å². The summed E-state index contributed by atoms with van der Waals surface area (Å²) >= 11 is 1.02. The fourth-order valence-electron chi connectivity index (χ4n) is 2.77. The molecule has 2 heterocycles. The van der Waals surface area contributed by atoms with Gasteiger partial charge in [0.2, 0.25) is 0 Å². The zero-order valence-electron chi connectivity index (χ0n) is 14.6. The first-order valence-corrected chi connectivity index (χ1v) is 8.85. The number of imidazole rings is 1. The van der Waals surface area contributed by atoms with Crippen molar-refractivity contribution < 1.29 is 9.90 Å². The maximum Gasteiger partial charge on any atom is 0.332 e. The Balaban J connectivity index is 2.28. The lowest BCUT2D eigenvalue weighted by molar-refractivity contribution is -0.133. The van der Waals surface area contributed by atoms with Crippen molar-refractivity contribution in [2.24, 2.45) is 14.1 Å². The van der Waals surface area contributed by atoms with E-state index in [4.69, 9.17) is 5.11 Å². The topological polar surface area (TPSA) is 99.1 Å². The van der Waals surface area contributed by atoms with E-state index < -0.39 is 17.2 Å². The highest BCUT2D eigenvalue weighted by molar-refractivity contribution is 7.99. The molecule has 26 heavy (non-hydrogen) atoms. The SMILES string of the molecule is Cc1ccccc1Cn1c(SCC(=O)O)nc2c1c(=O)n(C)c(=O)n2C. The van der Waals surface area contributed by atoms with Crippen LogP contribution in [0.2, 0.25) is 0 Å². The molecule has 2 aromatic heterocycles. The average Bonchev–Trinajstić information content (AvgIpc) is 2.97. The van der Waals surface area contributed by atoms with E-state index in [9.17, 15) is 14.4 Å². The first-order chi connectivity index (χ1) is 12.3. The lowest BCUT2D eigenvalue weighted by atomic mass is 10.1. The molecule has 1 N–H and O–H groups in total. The minimum absolute atomic E-state index is 0.189. The molecule has 1 aromatic carbocycles. The average molecular weight is 374 g/mol. The summed E-state index contributed by atoms with van der Waals surface area (Å²) < 4.78 is 4.02. The van der Waals surface area contributed by atoms with E-state index >= 15 is 0 Å². The van der Waals surface area contributed by atoms with E-state index in [1.54, 1.807) is 11.6 Å². The quantitative estimate of drug-likeness (QED) is 0.668. The second-order valence-corrected chi connectivity index (χ2v) is 6.91. The molecule has 9 heteroatoms. The third-order valence-corrected chi connectivity index (χ3v) is 5.19. The van der Waals surface area contributed by atoms with Gasteiger partial charge in [-0.2, -0.15) is 0 Å². The highest BCUT2D eigenvalue weighted by Gasteiger charge is 2.20. The number of aromatic nitrogens is 4. The lowest BCUT2D eigenvalue weighted by Crippen LogP contribution is -2.37. The zero-order valence-corrected chi connectivity index (χ0v) is 15.4. The maximum absolute atomic E-state index is 12.7. The summed E-state index contributed by atoms with van der Waals surface area (Å²) in [5, 5.41) is 9.39. The van der Waals surface area contributed by atoms with Crippen molar-refractivity contribution in [3.05, 3.63) is 56.2 Å². The first kappa shape index (κ1) is 18.0. The number of rotatable bonds is 5. The Morgan fingerprint density at radius 3 is 2.54 bits per heavy atom. The normalized spacial score (nSPS) is 11.2. The van der Waals surface area contributed by atoms with Gasteiger partial charge in [-0.15, -0.1) is 0 Å². The molecule has 0 saturated carbocycles. The molecule has 0 saturated heterocycles. The summed E-state index contributed by atoms with van der Waals surface area (Å²) in [5.74, 6) is -1.17. The molecule has 3 rings (SSSR count). The van der Waals surface area contributed by atoms with Gasteiger partial charge in [-0.05, 0) is 18.1 Å². The van der Waals surface area contributed by atoms with Crippen LogP contribution in [0.5, 0.6) is 0 Å². The third kappa shape index (κ3) is 3.05. The summed E-state index contributed by atoms with van der Waals surface area (Å²) in [6, 6.07) is 7.73. The van der Waals surface area contributed by atoms with Crippen LogP contribution in [0.3, 0.4) is 0 Å². The summed E-state index contributed by atoms with van der Waals surface area (Å²) in [7, 11) is 2.96. The Morgan fingerprint density at radius 1 is 1.19 bits per heavy atom. The predicted octanol–water partition coefficient (Wildman–Crippen LogP) is 0.967. The molecule has 0 spiro atoms. The van der Waals surface area contributed by atoms with E-state index in [1.165, 1.54) is 11.6 Å². The van der Waals surface area contributed by atoms with Gasteiger partial charge in [0.05, 0.1) is 12.3 Å². The van der Waals surface area contributed by atoms with E-state index in [0.29, 0.717) is 11.7 Å². The summed E-state index contributed by atoms with van der Waals surface area (Å²) in [6.45, 7) is 2.32. The van der Waals surface area contributed by atoms with Crippen LogP contribution < -0.4 is 11.2 Å². The fourth-order valence-corrected chi connectivity index (χ4v) is 3.48. The van der Waals surface area contributed by atoms with Crippen molar-refractivity contribution in [1.29, 1.82) is 0 Å². The van der Waals surface area contributed by atoms with E-state index in [0.717, 1.165) is 27.5 Å². The van der Waals surface area contributed by atoms with Crippen molar-refractivity contribution in [3.63, 3.8) is 0 Å². The number of benzene rings is 1. The molecule has 8 nitrogen and oxygen atoms in total. The second-order valence-electron chi connectivity index (χ2n) is 5.97. The third-order valence-electron chi connectivity index (χ3n) is 4.23. The molecular formula is C17H18N4O4S. The van der Waals surface area contributed by atoms with Gasteiger partial charge in [0, 0.05) is 14.1 Å². The monoisotopic (exact) mass is 374 g/mol. The number of hydrogen-bond acceptors (Lipinski definition) is 5. The van der Waals surface area contributed by atoms with E-state index in [2.05, 4.69) is 4.98 Å². The highest BCUT2D eigenvalue weighted by Crippen LogP contribution is 2.23. The van der Waals surface area contributed by atoms with Crippen LogP contribution in [0, 0.1) is 6.92 Å². The first-order valence-electron chi connectivity index (χ1n) is 7.86. The highest BCUT2D eigenvalue weighted by atomic mass is 32.2. The Hall–Kier alpha value is -2.81. The molecule has 0 fully saturated rings. The van der Waals surface area contributed by atoms with E-state index in [1.807, 2.05) is 31.2 Å². The standard InChI is InChI=1S/C17H18N4O4S/c1-10-6-4-5-7-11(10)8-21-13-14(18-16(21)26-9-12(22)23)19(2)17(25)20(3)15(13)24/h4-7H,8-9H2,1-3H3,(H,22,23). The smallest absolute Gasteiger partial charge is 0.332 e. The van der Waals surface area contributed by atoms with Crippen molar-refractivity contribution >= 4 is 28.9 Å². The Morgan fingerprint density at radius 2 is 1.88 bits per heavy atom. The maximum atomic E-state index is 12.7. The van der Waals surface area contributed by atoms with Crippen molar-refractivity contribution in [3.8, 4) is 0 Å². The van der Waals surface area contributed by atoms with Crippen LogP contribution in [-0.4, -0.2) is 35.5 Å². The van der Waals surface area contributed by atoms with Crippen LogP contribution >= 0.6 is 11.8 Å². The molecular weight excluding hydrogens is 356 g/mol. The van der Waals surface area contributed by atoms with Crippen molar-refractivity contribution in [1.82, 2.24) is 18.7 Å². The van der Waals surface area contributed by atoms with Crippen molar-refractivity contribution in [2.75, 3.05) is 5.75 Å². The molecule has 0 aliphatic carbocycles. The number of aryl methyl sites for hydroxylation is 2. The lowest BCUT2D eigenvalue weighted by Gasteiger charge is -2.11. The Kier molecular flexibility index (Phi) is 4.73. The van der Waals surface area contributed by atoms with Gasteiger partial charge >= 0.3 is 11.7 Å². The summed E-state index contributed by atoms with van der Waals surface area (Å²) in [5.41, 5.74) is 1.64. The molecule has 0 amide bonds. The van der Waals surface area contributed by atoms with Gasteiger partial charge in [0.15, 0.2) is 16.3 Å².